The Hall–Kier alpha value is -0.570. The minimum Gasteiger partial charge on any atom is -0.342 e. The van der Waals surface area contributed by atoms with Crippen LogP contribution in [0.25, 0.3) is 0 Å². The van der Waals surface area contributed by atoms with Crippen LogP contribution < -0.4 is 5.32 Å². The van der Waals surface area contributed by atoms with Crippen molar-refractivity contribution in [3.05, 3.63) is 0 Å². The van der Waals surface area contributed by atoms with Crippen LogP contribution in [-0.4, -0.2) is 37.0 Å². The van der Waals surface area contributed by atoms with Crippen molar-refractivity contribution in [2.75, 3.05) is 26.2 Å². The molecule has 2 aliphatic rings. The molecule has 0 aromatic carbocycles. The summed E-state index contributed by atoms with van der Waals surface area (Å²) in [4.78, 5) is 14.3. The van der Waals surface area contributed by atoms with E-state index in [1.165, 1.54) is 51.4 Å². The average molecular weight is 294 g/mol. The Morgan fingerprint density at radius 1 is 0.905 bits per heavy atom. The third-order valence-corrected chi connectivity index (χ3v) is 5.24. The van der Waals surface area contributed by atoms with E-state index in [2.05, 4.69) is 17.1 Å². The molecule has 2 heterocycles. The number of carbonyl (C=O) groups excluding carboxylic acids is 1. The van der Waals surface area contributed by atoms with Crippen LogP contribution in [0.15, 0.2) is 0 Å². The van der Waals surface area contributed by atoms with Gasteiger partial charge in [0.15, 0.2) is 0 Å². The summed E-state index contributed by atoms with van der Waals surface area (Å²) < 4.78 is 0. The van der Waals surface area contributed by atoms with Gasteiger partial charge in [0, 0.05) is 32.6 Å². The number of nitrogens with zero attached hydrogens (tertiary/aromatic N) is 1. The molecular weight excluding hydrogens is 260 g/mol. The molecule has 0 aromatic heterocycles. The predicted molar refractivity (Wildman–Crippen MR) is 88.3 cm³/mol. The third kappa shape index (κ3) is 5.61. The summed E-state index contributed by atoms with van der Waals surface area (Å²) in [5.41, 5.74) is 0. The molecule has 122 valence electrons. The SMILES string of the molecule is CCCCCCCCCCCC(=O)N1C[C@H]2CNC[C@H]2C1. The smallest absolute Gasteiger partial charge is 0.222 e. The first-order valence-corrected chi connectivity index (χ1v) is 9.29. The zero-order valence-corrected chi connectivity index (χ0v) is 13.9. The average Bonchev–Trinajstić information content (AvgIpc) is 3.06. The quantitative estimate of drug-likeness (QED) is 0.625. The van der Waals surface area contributed by atoms with Crippen molar-refractivity contribution in [3.8, 4) is 0 Å². The molecule has 0 aliphatic carbocycles. The lowest BCUT2D eigenvalue weighted by atomic mass is 10.0. The van der Waals surface area contributed by atoms with Crippen LogP contribution in [0.2, 0.25) is 0 Å². The molecule has 0 unspecified atom stereocenters. The van der Waals surface area contributed by atoms with E-state index >= 15 is 0 Å². The molecule has 0 aromatic rings. The predicted octanol–water partition coefficient (Wildman–Crippen LogP) is 3.59. The largest absolute Gasteiger partial charge is 0.342 e. The number of likely N-dealkylation sites (tertiary alicyclic amines) is 1. The molecule has 2 aliphatic heterocycles. The Morgan fingerprint density at radius 3 is 2.00 bits per heavy atom. The van der Waals surface area contributed by atoms with Gasteiger partial charge in [-0.1, -0.05) is 58.3 Å². The summed E-state index contributed by atoms with van der Waals surface area (Å²) in [7, 11) is 0. The first-order chi connectivity index (χ1) is 10.3. The van der Waals surface area contributed by atoms with E-state index in [4.69, 9.17) is 0 Å². The minimum atomic E-state index is 0.410. The van der Waals surface area contributed by atoms with Gasteiger partial charge in [0.05, 0.1) is 0 Å². The number of carbonyl (C=O) groups is 1. The maximum absolute atomic E-state index is 12.2. The Morgan fingerprint density at radius 2 is 1.43 bits per heavy atom. The number of fused-ring (bicyclic) bond motifs is 1. The maximum Gasteiger partial charge on any atom is 0.222 e. The number of amides is 1. The van der Waals surface area contributed by atoms with Gasteiger partial charge in [-0.2, -0.15) is 0 Å². The molecule has 21 heavy (non-hydrogen) atoms. The van der Waals surface area contributed by atoms with Gasteiger partial charge in [-0.25, -0.2) is 0 Å². The van der Waals surface area contributed by atoms with Crippen LogP contribution in [0, 0.1) is 11.8 Å². The fourth-order valence-electron chi connectivity index (χ4n) is 3.80. The first-order valence-electron chi connectivity index (χ1n) is 9.29. The van der Waals surface area contributed by atoms with Crippen molar-refractivity contribution < 1.29 is 4.79 Å². The number of rotatable bonds is 10. The van der Waals surface area contributed by atoms with E-state index in [-0.39, 0.29) is 0 Å². The van der Waals surface area contributed by atoms with Gasteiger partial charge in [-0.05, 0) is 18.3 Å². The third-order valence-electron chi connectivity index (χ3n) is 5.24. The summed E-state index contributed by atoms with van der Waals surface area (Å²) >= 11 is 0. The monoisotopic (exact) mass is 294 g/mol. The molecule has 2 fully saturated rings. The highest BCUT2D eigenvalue weighted by Gasteiger charge is 2.37. The fraction of sp³-hybridized carbons (Fsp3) is 0.944. The zero-order chi connectivity index (χ0) is 14.9. The topological polar surface area (TPSA) is 32.3 Å². The molecule has 0 bridgehead atoms. The Bertz CT molecular complexity index is 294. The standard InChI is InChI=1S/C18H34N2O/c1-2-3-4-5-6-7-8-9-10-11-18(21)20-14-16-12-19-13-17(16)15-20/h16-17,19H,2-15H2,1H3/t16-,17+. The lowest BCUT2D eigenvalue weighted by Crippen LogP contribution is -2.31. The number of hydrogen-bond donors (Lipinski definition) is 1. The van der Waals surface area contributed by atoms with Crippen molar-refractivity contribution >= 4 is 5.91 Å². The lowest BCUT2D eigenvalue weighted by molar-refractivity contribution is -0.130. The van der Waals surface area contributed by atoms with Crippen LogP contribution in [0.1, 0.15) is 71.1 Å². The molecule has 1 amide bonds. The normalized spacial score (nSPS) is 24.5. The van der Waals surface area contributed by atoms with Gasteiger partial charge in [0.2, 0.25) is 5.91 Å². The van der Waals surface area contributed by atoms with E-state index in [1.807, 2.05) is 0 Å². The van der Waals surface area contributed by atoms with Crippen LogP contribution >= 0.6 is 0 Å². The second kappa shape index (κ2) is 9.45. The minimum absolute atomic E-state index is 0.410. The summed E-state index contributed by atoms with van der Waals surface area (Å²) in [6, 6.07) is 0. The van der Waals surface area contributed by atoms with Gasteiger partial charge >= 0.3 is 0 Å². The van der Waals surface area contributed by atoms with Gasteiger partial charge in [0.25, 0.3) is 0 Å². The highest BCUT2D eigenvalue weighted by molar-refractivity contribution is 5.76. The summed E-state index contributed by atoms with van der Waals surface area (Å²) in [6.45, 7) is 6.52. The molecule has 3 nitrogen and oxygen atoms in total. The summed E-state index contributed by atoms with van der Waals surface area (Å²) in [6.07, 6.45) is 12.7. The second-order valence-electron chi connectivity index (χ2n) is 7.06. The van der Waals surface area contributed by atoms with Crippen molar-refractivity contribution in [3.63, 3.8) is 0 Å². The van der Waals surface area contributed by atoms with Crippen LogP contribution in [-0.2, 0) is 4.79 Å². The van der Waals surface area contributed by atoms with Crippen LogP contribution in [0.5, 0.6) is 0 Å². The molecule has 1 N–H and O–H groups in total. The van der Waals surface area contributed by atoms with Crippen LogP contribution in [0.4, 0.5) is 0 Å². The Balaban J connectivity index is 1.43. The molecule has 0 saturated carbocycles. The Kier molecular flexibility index (Phi) is 7.56. The summed E-state index contributed by atoms with van der Waals surface area (Å²) in [5.74, 6) is 1.88. The fourth-order valence-corrected chi connectivity index (χ4v) is 3.80. The number of unbranched alkanes of at least 4 members (excludes halogenated alkanes) is 8. The molecule has 2 atom stereocenters. The van der Waals surface area contributed by atoms with Crippen molar-refractivity contribution in [2.45, 2.75) is 71.1 Å². The Labute approximate surface area is 130 Å². The maximum atomic E-state index is 12.2. The van der Waals surface area contributed by atoms with E-state index in [0.717, 1.165) is 50.9 Å². The lowest BCUT2D eigenvalue weighted by Gasteiger charge is -2.17. The molecule has 2 saturated heterocycles. The highest BCUT2D eigenvalue weighted by Crippen LogP contribution is 2.26. The number of hydrogen-bond acceptors (Lipinski definition) is 2. The van der Waals surface area contributed by atoms with E-state index in [1.54, 1.807) is 0 Å². The molecule has 2 rings (SSSR count). The number of nitrogens with one attached hydrogen (secondary N) is 1. The second-order valence-corrected chi connectivity index (χ2v) is 7.06. The van der Waals surface area contributed by atoms with Crippen LogP contribution in [0.3, 0.4) is 0 Å². The van der Waals surface area contributed by atoms with Crippen molar-refractivity contribution in [2.24, 2.45) is 11.8 Å². The van der Waals surface area contributed by atoms with Gasteiger partial charge < -0.3 is 10.2 Å². The molecule has 0 radical (unpaired) electrons. The van der Waals surface area contributed by atoms with E-state index < -0.39 is 0 Å². The molecule has 3 heteroatoms. The van der Waals surface area contributed by atoms with E-state index in [9.17, 15) is 4.79 Å². The summed E-state index contributed by atoms with van der Waals surface area (Å²) in [5, 5.41) is 3.43. The van der Waals surface area contributed by atoms with Gasteiger partial charge in [0.1, 0.15) is 0 Å². The van der Waals surface area contributed by atoms with Gasteiger partial charge in [-0.3, -0.25) is 4.79 Å². The van der Waals surface area contributed by atoms with Crippen molar-refractivity contribution in [1.29, 1.82) is 0 Å². The first kappa shape index (κ1) is 16.8. The van der Waals surface area contributed by atoms with E-state index in [0.29, 0.717) is 5.91 Å². The van der Waals surface area contributed by atoms with Crippen molar-refractivity contribution in [1.82, 2.24) is 10.2 Å². The van der Waals surface area contributed by atoms with Gasteiger partial charge in [-0.15, -0.1) is 0 Å². The molecule has 0 spiro atoms. The molecular formula is C18H34N2O. The zero-order valence-electron chi connectivity index (χ0n) is 13.9. The highest BCUT2D eigenvalue weighted by atomic mass is 16.2.